The van der Waals surface area contributed by atoms with Crippen molar-refractivity contribution in [3.8, 4) is 0 Å². The highest BCUT2D eigenvalue weighted by molar-refractivity contribution is 5.83. The first-order chi connectivity index (χ1) is 10.6. The predicted molar refractivity (Wildman–Crippen MR) is 82.3 cm³/mol. The van der Waals surface area contributed by atoms with Crippen molar-refractivity contribution in [1.29, 1.82) is 0 Å². The molecule has 2 atom stereocenters. The Morgan fingerprint density at radius 2 is 2.05 bits per heavy atom. The van der Waals surface area contributed by atoms with Crippen molar-refractivity contribution in [1.82, 2.24) is 4.90 Å². The number of hydrogen-bond donors (Lipinski definition) is 1. The van der Waals surface area contributed by atoms with Gasteiger partial charge in [0.1, 0.15) is 6.04 Å². The molecule has 1 aliphatic heterocycles. The van der Waals surface area contributed by atoms with E-state index in [0.29, 0.717) is 13.2 Å². The van der Waals surface area contributed by atoms with Crippen LogP contribution in [0.4, 0.5) is 0 Å². The molecule has 0 aromatic heterocycles. The van der Waals surface area contributed by atoms with E-state index in [1.165, 1.54) is 4.90 Å². The molecule has 0 radical (unpaired) electrons. The Hall–Kier alpha value is -1.88. The number of nitrogens with zero attached hydrogens (tertiary/aromatic N) is 1. The van der Waals surface area contributed by atoms with Gasteiger partial charge in [-0.05, 0) is 31.7 Å². The maximum absolute atomic E-state index is 12.5. The lowest BCUT2D eigenvalue weighted by Crippen LogP contribution is -2.44. The summed E-state index contributed by atoms with van der Waals surface area (Å²) in [5.74, 6) is -1.15. The van der Waals surface area contributed by atoms with Crippen molar-refractivity contribution in [2.24, 2.45) is 0 Å². The minimum absolute atomic E-state index is 0.0829. The summed E-state index contributed by atoms with van der Waals surface area (Å²) in [5, 5.41) is 9.26. The number of carbonyl (C=O) groups is 2. The highest BCUT2D eigenvalue weighted by atomic mass is 16.5. The van der Waals surface area contributed by atoms with Crippen LogP contribution in [0.3, 0.4) is 0 Å². The van der Waals surface area contributed by atoms with Crippen LogP contribution in [-0.4, -0.2) is 40.6 Å². The largest absolute Gasteiger partial charge is 0.480 e. The number of carbonyl (C=O) groups excluding carboxylic acids is 1. The van der Waals surface area contributed by atoms with Gasteiger partial charge in [-0.15, -0.1) is 0 Å². The fourth-order valence-corrected chi connectivity index (χ4v) is 2.63. The van der Waals surface area contributed by atoms with Gasteiger partial charge in [0.05, 0.1) is 12.5 Å². The molecule has 0 saturated carbocycles. The van der Waals surface area contributed by atoms with Crippen molar-refractivity contribution >= 4 is 11.9 Å². The molecular weight excluding hydrogens is 282 g/mol. The SMILES string of the molecule is CC(C(=O)O)N(Cc1ccccc1)C(=O)CC1CCCCO1. The maximum Gasteiger partial charge on any atom is 0.326 e. The molecule has 1 amide bonds. The normalized spacial score (nSPS) is 19.4. The molecule has 5 nitrogen and oxygen atoms in total. The molecule has 2 rings (SSSR count). The molecule has 1 heterocycles. The molecule has 2 unspecified atom stereocenters. The van der Waals surface area contributed by atoms with E-state index < -0.39 is 12.0 Å². The second-order valence-electron chi connectivity index (χ2n) is 5.71. The van der Waals surface area contributed by atoms with Gasteiger partial charge in [-0.2, -0.15) is 0 Å². The molecule has 1 aromatic carbocycles. The van der Waals surface area contributed by atoms with Crippen molar-refractivity contribution in [2.75, 3.05) is 6.61 Å². The number of carboxylic acid groups (broad SMARTS) is 1. The summed E-state index contributed by atoms with van der Waals surface area (Å²) in [4.78, 5) is 25.3. The molecule has 22 heavy (non-hydrogen) atoms. The lowest BCUT2D eigenvalue weighted by molar-refractivity contribution is -0.151. The lowest BCUT2D eigenvalue weighted by atomic mass is 10.0. The number of ether oxygens (including phenoxy) is 1. The van der Waals surface area contributed by atoms with Crippen molar-refractivity contribution in [2.45, 2.75) is 51.3 Å². The van der Waals surface area contributed by atoms with Crippen LogP contribution in [0.25, 0.3) is 0 Å². The van der Waals surface area contributed by atoms with E-state index in [-0.39, 0.29) is 18.4 Å². The summed E-state index contributed by atoms with van der Waals surface area (Å²) in [6.45, 7) is 2.54. The summed E-state index contributed by atoms with van der Waals surface area (Å²) in [7, 11) is 0. The van der Waals surface area contributed by atoms with Gasteiger partial charge in [0.2, 0.25) is 5.91 Å². The summed E-state index contributed by atoms with van der Waals surface area (Å²) < 4.78 is 5.59. The maximum atomic E-state index is 12.5. The van der Waals surface area contributed by atoms with Crippen LogP contribution >= 0.6 is 0 Å². The standard InChI is InChI=1S/C17H23NO4/c1-13(17(20)21)18(12-14-7-3-2-4-8-14)16(19)11-15-9-5-6-10-22-15/h2-4,7-8,13,15H,5-6,9-12H2,1H3,(H,20,21). The second kappa shape index (κ2) is 7.94. The Morgan fingerprint density at radius 1 is 1.32 bits per heavy atom. The molecule has 5 heteroatoms. The van der Waals surface area contributed by atoms with Crippen LogP contribution in [0.15, 0.2) is 30.3 Å². The number of aliphatic carboxylic acids is 1. The van der Waals surface area contributed by atoms with Gasteiger partial charge >= 0.3 is 5.97 Å². The topological polar surface area (TPSA) is 66.8 Å². The van der Waals surface area contributed by atoms with E-state index in [1.54, 1.807) is 6.92 Å². The van der Waals surface area contributed by atoms with Gasteiger partial charge in [0, 0.05) is 13.2 Å². The first-order valence-corrected chi connectivity index (χ1v) is 7.75. The summed E-state index contributed by atoms with van der Waals surface area (Å²) in [6, 6.07) is 8.60. The summed E-state index contributed by atoms with van der Waals surface area (Å²) >= 11 is 0. The molecule has 120 valence electrons. The molecule has 1 aliphatic rings. The molecule has 0 spiro atoms. The van der Waals surface area contributed by atoms with E-state index in [2.05, 4.69) is 0 Å². The third-order valence-corrected chi connectivity index (χ3v) is 4.02. The third-order valence-electron chi connectivity index (χ3n) is 4.02. The molecule has 1 fully saturated rings. The Morgan fingerprint density at radius 3 is 2.64 bits per heavy atom. The minimum Gasteiger partial charge on any atom is -0.480 e. The molecule has 1 N–H and O–H groups in total. The monoisotopic (exact) mass is 305 g/mol. The number of amides is 1. The Balaban J connectivity index is 2.05. The molecule has 0 aliphatic carbocycles. The third kappa shape index (κ3) is 4.56. The van der Waals surface area contributed by atoms with Crippen molar-refractivity contribution in [3.05, 3.63) is 35.9 Å². The highest BCUT2D eigenvalue weighted by Crippen LogP contribution is 2.18. The van der Waals surface area contributed by atoms with Gasteiger partial charge in [-0.25, -0.2) is 4.79 Å². The van der Waals surface area contributed by atoms with Crippen molar-refractivity contribution < 1.29 is 19.4 Å². The van der Waals surface area contributed by atoms with Gasteiger partial charge in [-0.3, -0.25) is 4.79 Å². The zero-order valence-corrected chi connectivity index (χ0v) is 12.9. The number of carboxylic acids is 1. The summed E-state index contributed by atoms with van der Waals surface area (Å²) in [5.41, 5.74) is 0.925. The fraction of sp³-hybridized carbons (Fsp3) is 0.529. The molecule has 1 aromatic rings. The minimum atomic E-state index is -0.992. The number of rotatable bonds is 6. The average molecular weight is 305 g/mol. The van der Waals surface area contributed by atoms with E-state index in [1.807, 2.05) is 30.3 Å². The Kier molecular flexibility index (Phi) is 5.95. The van der Waals surface area contributed by atoms with Gasteiger partial charge in [0.25, 0.3) is 0 Å². The second-order valence-corrected chi connectivity index (χ2v) is 5.71. The van der Waals surface area contributed by atoms with E-state index in [0.717, 1.165) is 24.8 Å². The van der Waals surface area contributed by atoms with Crippen LogP contribution in [-0.2, 0) is 20.9 Å². The molecular formula is C17H23NO4. The van der Waals surface area contributed by atoms with Gasteiger partial charge in [0.15, 0.2) is 0 Å². The lowest BCUT2D eigenvalue weighted by Gasteiger charge is -2.29. The van der Waals surface area contributed by atoms with Crippen LogP contribution in [0.2, 0.25) is 0 Å². The Labute approximate surface area is 130 Å². The molecule has 1 saturated heterocycles. The van der Waals surface area contributed by atoms with Crippen molar-refractivity contribution in [3.63, 3.8) is 0 Å². The molecule has 0 bridgehead atoms. The first-order valence-electron chi connectivity index (χ1n) is 7.75. The zero-order valence-electron chi connectivity index (χ0n) is 12.9. The number of benzene rings is 1. The first kappa shape index (κ1) is 16.5. The average Bonchev–Trinajstić information content (AvgIpc) is 2.53. The quantitative estimate of drug-likeness (QED) is 0.876. The fourth-order valence-electron chi connectivity index (χ4n) is 2.63. The highest BCUT2D eigenvalue weighted by Gasteiger charge is 2.28. The van der Waals surface area contributed by atoms with Gasteiger partial charge in [-0.1, -0.05) is 30.3 Å². The van der Waals surface area contributed by atoms with Crippen LogP contribution in [0, 0.1) is 0 Å². The van der Waals surface area contributed by atoms with E-state index in [4.69, 9.17) is 4.74 Å². The van der Waals surface area contributed by atoms with E-state index >= 15 is 0 Å². The van der Waals surface area contributed by atoms with Gasteiger partial charge < -0.3 is 14.7 Å². The van der Waals surface area contributed by atoms with Crippen LogP contribution in [0.5, 0.6) is 0 Å². The smallest absolute Gasteiger partial charge is 0.326 e. The number of hydrogen-bond acceptors (Lipinski definition) is 3. The predicted octanol–water partition coefficient (Wildman–Crippen LogP) is 2.45. The van der Waals surface area contributed by atoms with Crippen LogP contribution < -0.4 is 0 Å². The Bertz CT molecular complexity index is 497. The van der Waals surface area contributed by atoms with E-state index in [9.17, 15) is 14.7 Å². The van der Waals surface area contributed by atoms with Crippen LogP contribution in [0.1, 0.15) is 38.2 Å². The zero-order chi connectivity index (χ0) is 15.9. The summed E-state index contributed by atoms with van der Waals surface area (Å²) in [6.07, 6.45) is 3.13.